The lowest BCUT2D eigenvalue weighted by atomic mass is 10.4. The highest BCUT2D eigenvalue weighted by Crippen LogP contribution is 2.18. The number of methoxy groups -OCH3 is 1. The molecule has 0 unspecified atom stereocenters. The molecule has 1 aliphatic heterocycles. The van der Waals surface area contributed by atoms with Gasteiger partial charge in [-0.25, -0.2) is 12.8 Å². The molecular formula is C14H21FN2O3S. The fourth-order valence-electron chi connectivity index (χ4n) is 2.39. The Morgan fingerprint density at radius 3 is 2.52 bits per heavy atom. The van der Waals surface area contributed by atoms with Crippen molar-refractivity contribution in [3.8, 4) is 0 Å². The van der Waals surface area contributed by atoms with Gasteiger partial charge in [0.05, 0.1) is 11.5 Å². The van der Waals surface area contributed by atoms with Crippen LogP contribution in [0.15, 0.2) is 29.2 Å². The van der Waals surface area contributed by atoms with Crippen molar-refractivity contribution in [3.63, 3.8) is 0 Å². The zero-order valence-electron chi connectivity index (χ0n) is 12.2. The first-order chi connectivity index (χ1) is 10.0. The number of sulfonamides is 1. The van der Waals surface area contributed by atoms with Crippen LogP contribution in [0.2, 0.25) is 0 Å². The quantitative estimate of drug-likeness (QED) is 0.818. The fraction of sp³-hybridized carbons (Fsp3) is 0.571. The van der Waals surface area contributed by atoms with Gasteiger partial charge < -0.3 is 4.74 Å². The van der Waals surface area contributed by atoms with E-state index in [1.807, 2.05) is 0 Å². The molecule has 1 saturated heterocycles. The van der Waals surface area contributed by atoms with E-state index in [1.54, 1.807) is 7.11 Å². The van der Waals surface area contributed by atoms with E-state index in [0.29, 0.717) is 26.2 Å². The second kappa shape index (κ2) is 7.31. The van der Waals surface area contributed by atoms with Crippen molar-refractivity contribution in [2.45, 2.75) is 11.3 Å². The van der Waals surface area contributed by atoms with Gasteiger partial charge in [-0.3, -0.25) is 4.90 Å². The maximum Gasteiger partial charge on any atom is 0.243 e. The van der Waals surface area contributed by atoms with Crippen LogP contribution in [0, 0.1) is 5.82 Å². The number of halogens is 1. The Bertz CT molecular complexity index is 548. The van der Waals surface area contributed by atoms with Crippen molar-refractivity contribution in [2.24, 2.45) is 0 Å². The molecule has 7 heteroatoms. The minimum absolute atomic E-state index is 0.147. The third-order valence-corrected chi connectivity index (χ3v) is 5.52. The molecule has 0 N–H and O–H groups in total. The molecule has 0 bridgehead atoms. The van der Waals surface area contributed by atoms with Crippen molar-refractivity contribution in [3.05, 3.63) is 30.1 Å². The van der Waals surface area contributed by atoms with Gasteiger partial charge in [0.25, 0.3) is 0 Å². The van der Waals surface area contributed by atoms with Crippen LogP contribution in [0.4, 0.5) is 4.39 Å². The van der Waals surface area contributed by atoms with E-state index in [-0.39, 0.29) is 4.90 Å². The van der Waals surface area contributed by atoms with Crippen LogP contribution in [0.1, 0.15) is 6.42 Å². The van der Waals surface area contributed by atoms with E-state index in [9.17, 15) is 12.8 Å². The van der Waals surface area contributed by atoms with Gasteiger partial charge in [0.15, 0.2) is 0 Å². The van der Waals surface area contributed by atoms with E-state index < -0.39 is 15.8 Å². The number of benzene rings is 1. The smallest absolute Gasteiger partial charge is 0.243 e. The third-order valence-electron chi connectivity index (χ3n) is 3.61. The van der Waals surface area contributed by atoms with Crippen LogP contribution in [-0.4, -0.2) is 64.1 Å². The lowest BCUT2D eigenvalue weighted by Crippen LogP contribution is -2.36. The predicted molar refractivity (Wildman–Crippen MR) is 78.1 cm³/mol. The summed E-state index contributed by atoms with van der Waals surface area (Å²) in [6.45, 7) is 3.93. The maximum absolute atomic E-state index is 12.9. The Balaban J connectivity index is 2.05. The number of hydrogen-bond donors (Lipinski definition) is 0. The maximum atomic E-state index is 12.9. The van der Waals surface area contributed by atoms with Crippen LogP contribution in [-0.2, 0) is 14.8 Å². The van der Waals surface area contributed by atoms with Gasteiger partial charge in [0.1, 0.15) is 5.82 Å². The molecule has 21 heavy (non-hydrogen) atoms. The molecule has 118 valence electrons. The molecule has 0 spiro atoms. The number of rotatable bonds is 5. The normalized spacial score (nSPS) is 18.6. The first-order valence-corrected chi connectivity index (χ1v) is 8.45. The van der Waals surface area contributed by atoms with Crippen molar-refractivity contribution in [1.29, 1.82) is 0 Å². The molecule has 0 aromatic heterocycles. The van der Waals surface area contributed by atoms with E-state index in [2.05, 4.69) is 4.90 Å². The molecular weight excluding hydrogens is 295 g/mol. The summed E-state index contributed by atoms with van der Waals surface area (Å²) in [6.07, 6.45) is 0.782. The molecule has 0 atom stereocenters. The largest absolute Gasteiger partial charge is 0.383 e. The van der Waals surface area contributed by atoms with Crippen LogP contribution >= 0.6 is 0 Å². The zero-order chi connectivity index (χ0) is 15.3. The number of hydrogen-bond acceptors (Lipinski definition) is 4. The molecule has 1 aromatic rings. The van der Waals surface area contributed by atoms with Gasteiger partial charge in [-0.15, -0.1) is 0 Å². The summed E-state index contributed by atoms with van der Waals surface area (Å²) in [5.41, 5.74) is 0. The molecule has 1 heterocycles. The predicted octanol–water partition coefficient (Wildman–Crippen LogP) is 1.17. The van der Waals surface area contributed by atoms with Crippen LogP contribution in [0.25, 0.3) is 0 Å². The van der Waals surface area contributed by atoms with Crippen LogP contribution in [0.5, 0.6) is 0 Å². The Labute approximate surface area is 125 Å². The monoisotopic (exact) mass is 316 g/mol. The van der Waals surface area contributed by atoms with Gasteiger partial charge in [-0.2, -0.15) is 4.31 Å². The Kier molecular flexibility index (Phi) is 5.69. The number of ether oxygens (including phenoxy) is 1. The molecule has 1 aromatic carbocycles. The first-order valence-electron chi connectivity index (χ1n) is 7.01. The minimum Gasteiger partial charge on any atom is -0.383 e. The van der Waals surface area contributed by atoms with Gasteiger partial charge in [0.2, 0.25) is 10.0 Å². The summed E-state index contributed by atoms with van der Waals surface area (Å²) < 4.78 is 44.5. The summed E-state index contributed by atoms with van der Waals surface area (Å²) in [5, 5.41) is 0. The summed E-state index contributed by atoms with van der Waals surface area (Å²) in [5.74, 6) is -0.435. The number of nitrogens with zero attached hydrogens (tertiary/aromatic N) is 2. The van der Waals surface area contributed by atoms with E-state index >= 15 is 0 Å². The van der Waals surface area contributed by atoms with E-state index in [4.69, 9.17) is 4.74 Å². The highest BCUT2D eigenvalue weighted by atomic mass is 32.2. The van der Waals surface area contributed by atoms with Crippen molar-refractivity contribution in [2.75, 3.05) is 46.4 Å². The SMILES string of the molecule is COCCN1CCCN(S(=O)(=O)c2ccc(F)cc2)CC1. The average Bonchev–Trinajstić information content (AvgIpc) is 2.71. The molecule has 2 rings (SSSR count). The summed E-state index contributed by atoms with van der Waals surface area (Å²) in [4.78, 5) is 2.35. The third kappa shape index (κ3) is 4.23. The van der Waals surface area contributed by atoms with Gasteiger partial charge in [0, 0.05) is 33.3 Å². The van der Waals surface area contributed by atoms with Gasteiger partial charge in [-0.05, 0) is 37.2 Å². The van der Waals surface area contributed by atoms with Crippen molar-refractivity contribution < 1.29 is 17.5 Å². The lowest BCUT2D eigenvalue weighted by molar-refractivity contribution is 0.151. The molecule has 1 fully saturated rings. The summed E-state index contributed by atoms with van der Waals surface area (Å²) in [7, 11) is -1.88. The molecule has 1 aliphatic rings. The van der Waals surface area contributed by atoms with E-state index in [1.165, 1.54) is 28.6 Å². The fourth-order valence-corrected chi connectivity index (χ4v) is 3.86. The van der Waals surface area contributed by atoms with Crippen molar-refractivity contribution in [1.82, 2.24) is 9.21 Å². The first kappa shape index (κ1) is 16.4. The van der Waals surface area contributed by atoms with Crippen LogP contribution < -0.4 is 0 Å². The molecule has 0 saturated carbocycles. The zero-order valence-corrected chi connectivity index (χ0v) is 13.0. The molecule has 0 amide bonds. The van der Waals surface area contributed by atoms with E-state index in [0.717, 1.165) is 19.5 Å². The van der Waals surface area contributed by atoms with Gasteiger partial charge >= 0.3 is 0 Å². The lowest BCUT2D eigenvalue weighted by Gasteiger charge is -2.21. The average molecular weight is 316 g/mol. The second-order valence-corrected chi connectivity index (χ2v) is 6.98. The Hall–Kier alpha value is -1.02. The second-order valence-electron chi connectivity index (χ2n) is 5.05. The van der Waals surface area contributed by atoms with Crippen LogP contribution in [0.3, 0.4) is 0 Å². The molecule has 0 aliphatic carbocycles. The minimum atomic E-state index is -3.54. The van der Waals surface area contributed by atoms with Gasteiger partial charge in [-0.1, -0.05) is 0 Å². The standard InChI is InChI=1S/C14H21FN2O3S/c1-20-12-11-16-7-2-8-17(10-9-16)21(18,19)14-5-3-13(15)4-6-14/h3-6H,2,7-12H2,1H3. The highest BCUT2D eigenvalue weighted by Gasteiger charge is 2.26. The topological polar surface area (TPSA) is 49.9 Å². The highest BCUT2D eigenvalue weighted by molar-refractivity contribution is 7.89. The molecule has 5 nitrogen and oxygen atoms in total. The molecule has 0 radical (unpaired) electrons. The van der Waals surface area contributed by atoms with Crippen molar-refractivity contribution >= 4 is 10.0 Å². The summed E-state index contributed by atoms with van der Waals surface area (Å²) in [6, 6.07) is 4.99. The summed E-state index contributed by atoms with van der Waals surface area (Å²) >= 11 is 0. The Morgan fingerprint density at radius 1 is 1.14 bits per heavy atom. The Morgan fingerprint density at radius 2 is 1.86 bits per heavy atom.